The average molecular weight is 422 g/mol. The predicted molar refractivity (Wildman–Crippen MR) is 104 cm³/mol. The molecular formula is C19H21F3N6O2. The molecule has 2 aliphatic rings. The molecule has 0 unspecified atom stereocenters. The number of hydrogen-bond donors (Lipinski definition) is 2. The van der Waals surface area contributed by atoms with Crippen molar-refractivity contribution in [2.45, 2.75) is 32.0 Å². The van der Waals surface area contributed by atoms with Gasteiger partial charge in [0.2, 0.25) is 11.9 Å². The monoisotopic (exact) mass is 422 g/mol. The van der Waals surface area contributed by atoms with Crippen molar-refractivity contribution in [3.05, 3.63) is 29.7 Å². The van der Waals surface area contributed by atoms with Crippen LogP contribution in [0.3, 0.4) is 0 Å². The summed E-state index contributed by atoms with van der Waals surface area (Å²) in [5.41, 5.74) is 0.383. The van der Waals surface area contributed by atoms with E-state index in [1.54, 1.807) is 11.9 Å². The van der Waals surface area contributed by atoms with Crippen molar-refractivity contribution in [2.24, 2.45) is 5.92 Å². The van der Waals surface area contributed by atoms with Crippen LogP contribution in [-0.2, 0) is 11.0 Å². The molecule has 0 spiro atoms. The molecule has 1 amide bonds. The number of pyridine rings is 1. The summed E-state index contributed by atoms with van der Waals surface area (Å²) in [5, 5.41) is 6.10. The van der Waals surface area contributed by atoms with Crippen LogP contribution in [0.4, 0.5) is 30.6 Å². The van der Waals surface area contributed by atoms with Crippen LogP contribution in [0, 0.1) is 12.8 Å². The van der Waals surface area contributed by atoms with E-state index in [2.05, 4.69) is 25.6 Å². The van der Waals surface area contributed by atoms with Gasteiger partial charge in [-0.3, -0.25) is 4.79 Å². The number of alkyl halides is 3. The second-order valence-electron chi connectivity index (χ2n) is 7.60. The summed E-state index contributed by atoms with van der Waals surface area (Å²) in [6, 6.07) is 2.38. The molecule has 3 heterocycles. The van der Waals surface area contributed by atoms with Gasteiger partial charge in [-0.05, 0) is 37.8 Å². The lowest BCUT2D eigenvalue weighted by atomic mass is 9.81. The minimum absolute atomic E-state index is 0.0949. The van der Waals surface area contributed by atoms with E-state index in [1.165, 1.54) is 6.07 Å². The van der Waals surface area contributed by atoms with Gasteiger partial charge >= 0.3 is 6.18 Å². The van der Waals surface area contributed by atoms with Crippen molar-refractivity contribution in [1.29, 1.82) is 0 Å². The number of likely N-dealkylation sites (N-methyl/N-ethyl adjacent to an activating group) is 1. The summed E-state index contributed by atoms with van der Waals surface area (Å²) in [5.74, 6) is 1.69. The van der Waals surface area contributed by atoms with Crippen molar-refractivity contribution in [3.63, 3.8) is 0 Å². The Kier molecular flexibility index (Phi) is 5.12. The maximum absolute atomic E-state index is 12.5. The minimum atomic E-state index is -4.46. The molecule has 1 aliphatic heterocycles. The zero-order chi connectivity index (χ0) is 21.5. The fourth-order valence-electron chi connectivity index (χ4n) is 3.53. The molecule has 0 aromatic carbocycles. The summed E-state index contributed by atoms with van der Waals surface area (Å²) in [4.78, 5) is 25.8. The number of carbonyl (C=O) groups excluding carboxylic acids is 1. The molecule has 0 bridgehead atoms. The Morgan fingerprint density at radius 3 is 2.73 bits per heavy atom. The zero-order valence-corrected chi connectivity index (χ0v) is 16.5. The Morgan fingerprint density at radius 2 is 2.07 bits per heavy atom. The molecule has 1 fully saturated rings. The first kappa shape index (κ1) is 20.2. The molecule has 0 radical (unpaired) electrons. The molecule has 2 aromatic rings. The number of halogens is 3. The van der Waals surface area contributed by atoms with Gasteiger partial charge < -0.3 is 20.3 Å². The number of fused-ring (bicyclic) bond motifs is 1. The molecule has 1 saturated carbocycles. The number of aromatic nitrogens is 3. The van der Waals surface area contributed by atoms with Crippen molar-refractivity contribution in [3.8, 4) is 5.75 Å². The molecule has 2 aromatic heterocycles. The quantitative estimate of drug-likeness (QED) is 0.766. The molecule has 11 heteroatoms. The predicted octanol–water partition coefficient (Wildman–Crippen LogP) is 2.86. The highest BCUT2D eigenvalue weighted by Gasteiger charge is 2.33. The van der Waals surface area contributed by atoms with Gasteiger partial charge in [-0.2, -0.15) is 18.2 Å². The highest BCUT2D eigenvalue weighted by atomic mass is 19.4. The molecule has 4 rings (SSSR count). The van der Waals surface area contributed by atoms with Crippen molar-refractivity contribution in [2.75, 3.05) is 35.7 Å². The summed E-state index contributed by atoms with van der Waals surface area (Å²) < 4.78 is 43.2. The van der Waals surface area contributed by atoms with Gasteiger partial charge in [0.1, 0.15) is 17.1 Å². The van der Waals surface area contributed by atoms with Crippen LogP contribution in [0.1, 0.15) is 24.2 Å². The van der Waals surface area contributed by atoms with Gasteiger partial charge in [0.25, 0.3) is 0 Å². The van der Waals surface area contributed by atoms with E-state index in [-0.39, 0.29) is 24.4 Å². The number of anilines is 3. The third-order valence-electron chi connectivity index (χ3n) is 5.16. The number of nitrogens with one attached hydrogen (secondary N) is 2. The number of nitrogens with zero attached hydrogens (tertiary/aromatic N) is 4. The molecule has 0 saturated heterocycles. The van der Waals surface area contributed by atoms with Crippen molar-refractivity contribution >= 4 is 23.4 Å². The largest absolute Gasteiger partial charge is 0.492 e. The van der Waals surface area contributed by atoms with Crippen molar-refractivity contribution < 1.29 is 22.7 Å². The number of ether oxygens (including phenoxy) is 1. The number of rotatable bonds is 5. The van der Waals surface area contributed by atoms with E-state index >= 15 is 0 Å². The highest BCUT2D eigenvalue weighted by Crippen LogP contribution is 2.34. The van der Waals surface area contributed by atoms with E-state index in [0.29, 0.717) is 35.5 Å². The molecule has 2 N–H and O–H groups in total. The number of amides is 1. The summed E-state index contributed by atoms with van der Waals surface area (Å²) in [6.07, 6.45) is -1.70. The Morgan fingerprint density at radius 1 is 1.30 bits per heavy atom. The van der Waals surface area contributed by atoms with Crippen LogP contribution in [0.15, 0.2) is 18.3 Å². The average Bonchev–Trinajstić information content (AvgIpc) is 2.64. The van der Waals surface area contributed by atoms with E-state index in [0.717, 1.165) is 25.1 Å². The summed E-state index contributed by atoms with van der Waals surface area (Å²) in [6.45, 7) is 2.47. The van der Waals surface area contributed by atoms with E-state index < -0.39 is 11.9 Å². The molecule has 1 aliphatic carbocycles. The van der Waals surface area contributed by atoms with Crippen LogP contribution in [0.5, 0.6) is 5.75 Å². The third-order valence-corrected chi connectivity index (χ3v) is 5.16. The number of aryl methyl sites for hydroxylation is 1. The molecule has 8 nitrogen and oxygen atoms in total. The van der Waals surface area contributed by atoms with Gasteiger partial charge in [0.15, 0.2) is 5.82 Å². The molecular weight excluding hydrogens is 401 g/mol. The Labute approximate surface area is 170 Å². The van der Waals surface area contributed by atoms with Crippen molar-refractivity contribution in [1.82, 2.24) is 15.0 Å². The first-order valence-electron chi connectivity index (χ1n) is 9.51. The van der Waals surface area contributed by atoms with Crippen LogP contribution in [0.2, 0.25) is 0 Å². The van der Waals surface area contributed by atoms with Crippen LogP contribution in [0.25, 0.3) is 0 Å². The van der Waals surface area contributed by atoms with E-state index in [4.69, 9.17) is 4.74 Å². The maximum Gasteiger partial charge on any atom is 0.433 e. The fourth-order valence-corrected chi connectivity index (χ4v) is 3.53. The second kappa shape index (κ2) is 7.62. The summed E-state index contributed by atoms with van der Waals surface area (Å²) >= 11 is 0. The normalized spacial score (nSPS) is 20.8. The molecule has 0 atom stereocenters. The van der Waals surface area contributed by atoms with E-state index in [9.17, 15) is 18.0 Å². The molecule has 160 valence electrons. The van der Waals surface area contributed by atoms with Gasteiger partial charge in [0, 0.05) is 13.1 Å². The number of carbonyl (C=O) groups is 1. The smallest absolute Gasteiger partial charge is 0.433 e. The minimum Gasteiger partial charge on any atom is -0.492 e. The van der Waals surface area contributed by atoms with Crippen LogP contribution in [-0.4, -0.2) is 47.1 Å². The standard InChI is InChI=1S/C19H21F3N6O2/c1-10-16-17(28(2)8-15(29)26-16)27-18(24-10)25-12-5-11(6-12)9-30-13-3-4-14(23-7-13)19(20,21)22/h3-4,7,11-12H,5-6,8-9H2,1-2H3,(H,26,29)(H,24,25,27). The van der Waals surface area contributed by atoms with E-state index in [1.807, 2.05) is 6.92 Å². The lowest BCUT2D eigenvalue weighted by molar-refractivity contribution is -0.141. The SMILES string of the molecule is Cc1nc(NC2CC(COc3ccc(C(F)(F)F)nc3)C2)nc2c1NC(=O)CN2C. The Balaban J connectivity index is 1.28. The Hall–Kier alpha value is -3.11. The van der Waals surface area contributed by atoms with Gasteiger partial charge in [-0.1, -0.05) is 0 Å². The highest BCUT2D eigenvalue weighted by molar-refractivity contribution is 6.00. The first-order chi connectivity index (χ1) is 14.2. The topological polar surface area (TPSA) is 92.3 Å². The number of hydrogen-bond acceptors (Lipinski definition) is 7. The van der Waals surface area contributed by atoms with Crippen LogP contribution < -0.4 is 20.3 Å². The van der Waals surface area contributed by atoms with Gasteiger partial charge in [0.05, 0.1) is 25.0 Å². The lowest BCUT2D eigenvalue weighted by Crippen LogP contribution is -2.40. The zero-order valence-electron chi connectivity index (χ0n) is 16.5. The fraction of sp³-hybridized carbons (Fsp3) is 0.474. The first-order valence-corrected chi connectivity index (χ1v) is 9.51. The third kappa shape index (κ3) is 4.24. The summed E-state index contributed by atoms with van der Waals surface area (Å²) in [7, 11) is 1.81. The van der Waals surface area contributed by atoms with Crippen LogP contribution >= 0.6 is 0 Å². The second-order valence-corrected chi connectivity index (χ2v) is 7.60. The maximum atomic E-state index is 12.5. The Bertz CT molecular complexity index is 945. The lowest BCUT2D eigenvalue weighted by Gasteiger charge is -2.36. The van der Waals surface area contributed by atoms with Gasteiger partial charge in [-0.15, -0.1) is 0 Å². The molecule has 30 heavy (non-hydrogen) atoms. The van der Waals surface area contributed by atoms with Gasteiger partial charge in [-0.25, -0.2) is 9.97 Å².